The lowest BCUT2D eigenvalue weighted by molar-refractivity contribution is -0.134. The molecular formula is C21H31N3O2. The van der Waals surface area contributed by atoms with Crippen molar-refractivity contribution in [3.05, 3.63) is 29.8 Å². The van der Waals surface area contributed by atoms with Gasteiger partial charge in [-0.2, -0.15) is 0 Å². The molecule has 1 heterocycles. The molecule has 1 aliphatic carbocycles. The lowest BCUT2D eigenvalue weighted by Crippen LogP contribution is -2.47. The monoisotopic (exact) mass is 357 g/mol. The summed E-state index contributed by atoms with van der Waals surface area (Å²) in [7, 11) is 0. The van der Waals surface area contributed by atoms with Gasteiger partial charge in [-0.25, -0.2) is 0 Å². The average Bonchev–Trinajstić information content (AvgIpc) is 3.04. The van der Waals surface area contributed by atoms with Gasteiger partial charge in [0.15, 0.2) is 0 Å². The quantitative estimate of drug-likeness (QED) is 0.733. The minimum Gasteiger partial charge on any atom is -0.351 e. The summed E-state index contributed by atoms with van der Waals surface area (Å²) in [4.78, 5) is 24.9. The third kappa shape index (κ3) is 4.26. The second-order valence-corrected chi connectivity index (χ2v) is 8.26. The fourth-order valence-electron chi connectivity index (χ4n) is 4.39. The van der Waals surface area contributed by atoms with E-state index in [-0.39, 0.29) is 17.2 Å². The number of rotatable bonds is 6. The zero-order valence-corrected chi connectivity index (χ0v) is 15.9. The van der Waals surface area contributed by atoms with E-state index in [1.165, 1.54) is 6.42 Å². The number of fused-ring (bicyclic) bond motifs is 1. The van der Waals surface area contributed by atoms with Gasteiger partial charge >= 0.3 is 0 Å². The first-order valence-electron chi connectivity index (χ1n) is 9.87. The number of nitrogens with one attached hydrogen (secondary N) is 3. The largest absolute Gasteiger partial charge is 0.351 e. The molecule has 2 aliphatic rings. The van der Waals surface area contributed by atoms with Gasteiger partial charge in [0.05, 0.1) is 5.41 Å². The van der Waals surface area contributed by atoms with Gasteiger partial charge in [-0.15, -0.1) is 0 Å². The fraction of sp³-hybridized carbons (Fsp3) is 0.619. The standard InChI is InChI=1S/C21H31N3O2/c1-15(2)10-19(25)24-18-8-5-6-16(11-18)12-23-20(26)21-9-4-3-7-17(21)13-22-14-21/h5-6,8,11,15,17,22H,3-4,7,9-10,12-14H2,1-2H3,(H,23,26)(H,24,25)/t17-,21+/m0/s1. The first-order chi connectivity index (χ1) is 12.5. The van der Waals surface area contributed by atoms with E-state index in [0.717, 1.165) is 43.6 Å². The summed E-state index contributed by atoms with van der Waals surface area (Å²) >= 11 is 0. The summed E-state index contributed by atoms with van der Waals surface area (Å²) in [6, 6.07) is 7.74. The molecule has 5 nitrogen and oxygen atoms in total. The Hall–Kier alpha value is -1.88. The maximum atomic E-state index is 12.9. The highest BCUT2D eigenvalue weighted by Gasteiger charge is 2.49. The second kappa shape index (κ2) is 8.21. The Balaban J connectivity index is 1.58. The topological polar surface area (TPSA) is 70.2 Å². The van der Waals surface area contributed by atoms with Crippen LogP contribution in [0.2, 0.25) is 0 Å². The van der Waals surface area contributed by atoms with Crippen molar-refractivity contribution in [3.8, 4) is 0 Å². The second-order valence-electron chi connectivity index (χ2n) is 8.26. The molecule has 3 rings (SSSR count). The SMILES string of the molecule is CC(C)CC(=O)Nc1cccc(CNC(=O)[C@@]23CCCC[C@H]2CNC3)c1. The Bertz CT molecular complexity index is 658. The van der Waals surface area contributed by atoms with E-state index >= 15 is 0 Å². The molecule has 2 amide bonds. The van der Waals surface area contributed by atoms with E-state index in [1.54, 1.807) is 0 Å². The van der Waals surface area contributed by atoms with Crippen LogP contribution in [0, 0.1) is 17.3 Å². The van der Waals surface area contributed by atoms with Gasteiger partial charge < -0.3 is 16.0 Å². The molecule has 26 heavy (non-hydrogen) atoms. The third-order valence-corrected chi connectivity index (χ3v) is 5.75. The molecule has 142 valence electrons. The van der Waals surface area contributed by atoms with Crippen molar-refractivity contribution in [1.29, 1.82) is 0 Å². The highest BCUT2D eigenvalue weighted by Crippen LogP contribution is 2.43. The molecule has 1 aromatic carbocycles. The van der Waals surface area contributed by atoms with Crippen molar-refractivity contribution in [2.24, 2.45) is 17.3 Å². The molecule has 0 spiro atoms. The van der Waals surface area contributed by atoms with Crippen LogP contribution in [0.25, 0.3) is 0 Å². The summed E-state index contributed by atoms with van der Waals surface area (Å²) < 4.78 is 0. The minimum atomic E-state index is -0.221. The number of carbonyl (C=O) groups is 2. The van der Waals surface area contributed by atoms with Crippen molar-refractivity contribution < 1.29 is 9.59 Å². The lowest BCUT2D eigenvalue weighted by Gasteiger charge is -2.37. The number of hydrogen-bond donors (Lipinski definition) is 3. The highest BCUT2D eigenvalue weighted by molar-refractivity contribution is 5.90. The number of benzene rings is 1. The summed E-state index contributed by atoms with van der Waals surface area (Å²) in [5, 5.41) is 9.51. The van der Waals surface area contributed by atoms with Crippen LogP contribution in [0.3, 0.4) is 0 Å². The van der Waals surface area contributed by atoms with Crippen molar-refractivity contribution >= 4 is 17.5 Å². The van der Waals surface area contributed by atoms with Gasteiger partial charge in [0.1, 0.15) is 0 Å². The molecule has 2 fully saturated rings. The summed E-state index contributed by atoms with van der Waals surface area (Å²) in [6.45, 7) is 6.32. The van der Waals surface area contributed by atoms with Crippen molar-refractivity contribution in [2.75, 3.05) is 18.4 Å². The van der Waals surface area contributed by atoms with Crippen molar-refractivity contribution in [1.82, 2.24) is 10.6 Å². The van der Waals surface area contributed by atoms with E-state index in [2.05, 4.69) is 16.0 Å². The van der Waals surface area contributed by atoms with Crippen molar-refractivity contribution in [3.63, 3.8) is 0 Å². The Kier molecular flexibility index (Phi) is 5.97. The molecule has 1 aromatic rings. The summed E-state index contributed by atoms with van der Waals surface area (Å²) in [5.74, 6) is 1.02. The van der Waals surface area contributed by atoms with Gasteiger partial charge in [-0.3, -0.25) is 9.59 Å². The summed E-state index contributed by atoms with van der Waals surface area (Å²) in [5.41, 5.74) is 1.58. The van der Waals surface area contributed by atoms with Crippen LogP contribution in [0.15, 0.2) is 24.3 Å². The van der Waals surface area contributed by atoms with Crippen LogP contribution in [0.4, 0.5) is 5.69 Å². The molecule has 3 N–H and O–H groups in total. The molecule has 1 aliphatic heterocycles. The molecule has 1 saturated heterocycles. The number of anilines is 1. The van der Waals surface area contributed by atoms with Crippen molar-refractivity contribution in [2.45, 2.75) is 52.5 Å². The Morgan fingerprint density at radius 1 is 1.31 bits per heavy atom. The molecule has 0 unspecified atom stereocenters. The smallest absolute Gasteiger partial charge is 0.228 e. The Morgan fingerprint density at radius 2 is 2.15 bits per heavy atom. The maximum absolute atomic E-state index is 12.9. The predicted molar refractivity (Wildman–Crippen MR) is 104 cm³/mol. The zero-order chi connectivity index (χ0) is 18.6. The predicted octanol–water partition coefficient (Wildman–Crippen LogP) is 3.07. The van der Waals surface area contributed by atoms with Gasteiger partial charge in [0.2, 0.25) is 11.8 Å². The maximum Gasteiger partial charge on any atom is 0.228 e. The van der Waals surface area contributed by atoms with E-state index in [1.807, 2.05) is 38.1 Å². The van der Waals surface area contributed by atoms with Gasteiger partial charge in [-0.05, 0) is 48.9 Å². The normalized spacial score (nSPS) is 25.0. The van der Waals surface area contributed by atoms with E-state index < -0.39 is 0 Å². The third-order valence-electron chi connectivity index (χ3n) is 5.75. The van der Waals surface area contributed by atoms with Gasteiger partial charge in [-0.1, -0.05) is 38.8 Å². The first kappa shape index (κ1) is 18.9. The van der Waals surface area contributed by atoms with Crippen LogP contribution >= 0.6 is 0 Å². The molecular weight excluding hydrogens is 326 g/mol. The molecule has 5 heteroatoms. The fourth-order valence-corrected chi connectivity index (χ4v) is 4.39. The van der Waals surface area contributed by atoms with Crippen LogP contribution in [-0.2, 0) is 16.1 Å². The number of hydrogen-bond acceptors (Lipinski definition) is 3. The van der Waals surface area contributed by atoms with Crippen LogP contribution in [-0.4, -0.2) is 24.9 Å². The number of amides is 2. The minimum absolute atomic E-state index is 0.0298. The number of carbonyl (C=O) groups excluding carboxylic acids is 2. The molecule has 0 aromatic heterocycles. The first-order valence-corrected chi connectivity index (χ1v) is 9.87. The zero-order valence-electron chi connectivity index (χ0n) is 15.9. The van der Waals surface area contributed by atoms with E-state index in [4.69, 9.17) is 0 Å². The van der Waals surface area contributed by atoms with Crippen LogP contribution in [0.1, 0.15) is 51.5 Å². The van der Waals surface area contributed by atoms with Crippen LogP contribution in [0.5, 0.6) is 0 Å². The molecule has 1 saturated carbocycles. The molecule has 0 radical (unpaired) electrons. The van der Waals surface area contributed by atoms with E-state index in [0.29, 0.717) is 24.8 Å². The Morgan fingerprint density at radius 3 is 2.96 bits per heavy atom. The average molecular weight is 357 g/mol. The van der Waals surface area contributed by atoms with Gasteiger partial charge in [0.25, 0.3) is 0 Å². The molecule has 2 atom stereocenters. The summed E-state index contributed by atoms with van der Waals surface area (Å²) in [6.07, 6.45) is 5.03. The van der Waals surface area contributed by atoms with Crippen LogP contribution < -0.4 is 16.0 Å². The van der Waals surface area contributed by atoms with Gasteiger partial charge in [0, 0.05) is 25.2 Å². The lowest BCUT2D eigenvalue weighted by atomic mass is 9.67. The molecule has 0 bridgehead atoms. The van der Waals surface area contributed by atoms with E-state index in [9.17, 15) is 9.59 Å². The highest BCUT2D eigenvalue weighted by atomic mass is 16.2. The Labute approximate surface area is 156 Å².